The first kappa shape index (κ1) is 17.2. The van der Waals surface area contributed by atoms with E-state index in [0.29, 0.717) is 35.9 Å². The summed E-state index contributed by atoms with van der Waals surface area (Å²) in [5.41, 5.74) is 0.976. The van der Waals surface area contributed by atoms with Gasteiger partial charge in [-0.1, -0.05) is 5.21 Å². The summed E-state index contributed by atoms with van der Waals surface area (Å²) in [6.45, 7) is 2.86. The Morgan fingerprint density at radius 1 is 1.33 bits per heavy atom. The molecule has 0 spiro atoms. The van der Waals surface area contributed by atoms with Gasteiger partial charge in [0.25, 0.3) is 11.5 Å². The van der Waals surface area contributed by atoms with Crippen molar-refractivity contribution in [3.63, 3.8) is 0 Å². The Hall–Kier alpha value is -3.23. The van der Waals surface area contributed by atoms with Crippen LogP contribution in [0.25, 0.3) is 11.2 Å². The van der Waals surface area contributed by atoms with Crippen molar-refractivity contribution in [3.8, 4) is 5.75 Å². The Balaban J connectivity index is 1.58. The number of aromatic amines is 1. The average molecular weight is 368 g/mol. The largest absolute Gasteiger partial charge is 0.497 e. The molecule has 1 amide bonds. The van der Waals surface area contributed by atoms with Crippen LogP contribution in [0.15, 0.2) is 29.1 Å². The summed E-state index contributed by atoms with van der Waals surface area (Å²) in [6, 6.07) is 7.08. The quantitative estimate of drug-likeness (QED) is 0.740. The summed E-state index contributed by atoms with van der Waals surface area (Å²) in [6.07, 6.45) is 1.79. The molecule has 0 unspecified atom stereocenters. The van der Waals surface area contributed by atoms with E-state index in [4.69, 9.17) is 4.74 Å². The van der Waals surface area contributed by atoms with Crippen molar-refractivity contribution in [2.45, 2.75) is 32.4 Å². The van der Waals surface area contributed by atoms with Gasteiger partial charge in [-0.15, -0.1) is 5.10 Å². The zero-order valence-corrected chi connectivity index (χ0v) is 15.2. The first-order chi connectivity index (χ1) is 13.1. The first-order valence-electron chi connectivity index (χ1n) is 8.82. The van der Waals surface area contributed by atoms with E-state index >= 15 is 0 Å². The van der Waals surface area contributed by atoms with Gasteiger partial charge in [-0.2, -0.15) is 0 Å². The maximum atomic E-state index is 12.9. The third-order valence-electron chi connectivity index (χ3n) is 4.85. The number of fused-ring (bicyclic) bond motifs is 1. The molecule has 0 radical (unpaired) electrons. The number of aromatic nitrogens is 5. The molecule has 1 N–H and O–H groups in total. The van der Waals surface area contributed by atoms with Crippen LogP contribution < -0.4 is 10.3 Å². The molecule has 1 saturated heterocycles. The van der Waals surface area contributed by atoms with Crippen LogP contribution >= 0.6 is 0 Å². The van der Waals surface area contributed by atoms with Crippen LogP contribution in [0.4, 0.5) is 0 Å². The monoisotopic (exact) mass is 368 g/mol. The van der Waals surface area contributed by atoms with Crippen molar-refractivity contribution in [2.75, 3.05) is 13.7 Å². The van der Waals surface area contributed by atoms with E-state index in [9.17, 15) is 9.59 Å². The van der Waals surface area contributed by atoms with Crippen LogP contribution in [0, 0.1) is 6.92 Å². The number of H-pyrrole nitrogens is 1. The van der Waals surface area contributed by atoms with Crippen LogP contribution in [0.5, 0.6) is 5.75 Å². The second kappa shape index (κ2) is 6.82. The number of rotatable bonds is 4. The minimum Gasteiger partial charge on any atom is -0.497 e. The zero-order valence-electron chi connectivity index (χ0n) is 15.2. The Bertz CT molecular complexity index is 1040. The highest BCUT2D eigenvalue weighted by molar-refractivity contribution is 5.94. The van der Waals surface area contributed by atoms with E-state index in [1.807, 2.05) is 4.90 Å². The lowest BCUT2D eigenvalue weighted by molar-refractivity contribution is 0.0722. The number of amides is 1. The number of carbonyl (C=O) groups is 1. The van der Waals surface area contributed by atoms with Crippen molar-refractivity contribution in [1.82, 2.24) is 29.9 Å². The van der Waals surface area contributed by atoms with Gasteiger partial charge in [-0.3, -0.25) is 9.59 Å². The third kappa shape index (κ3) is 3.16. The number of methoxy groups -OCH3 is 1. The molecule has 3 heterocycles. The Morgan fingerprint density at radius 3 is 2.85 bits per heavy atom. The van der Waals surface area contributed by atoms with Crippen molar-refractivity contribution < 1.29 is 9.53 Å². The number of nitrogens with one attached hydrogen (secondary N) is 1. The van der Waals surface area contributed by atoms with Gasteiger partial charge in [0.15, 0.2) is 11.2 Å². The Labute approximate surface area is 155 Å². The highest BCUT2D eigenvalue weighted by atomic mass is 16.5. The van der Waals surface area contributed by atoms with Gasteiger partial charge < -0.3 is 14.6 Å². The SMILES string of the molecule is COc1ccc(C(=O)N2CCC[C@@H]2Cn2nnc3c(=O)[nH]c(C)nc32)cc1. The number of hydrogen-bond acceptors (Lipinski definition) is 6. The van der Waals surface area contributed by atoms with Gasteiger partial charge in [0.05, 0.1) is 19.7 Å². The van der Waals surface area contributed by atoms with Gasteiger partial charge in [0.2, 0.25) is 0 Å². The molecule has 2 aromatic heterocycles. The maximum absolute atomic E-state index is 12.9. The summed E-state index contributed by atoms with van der Waals surface area (Å²) < 4.78 is 6.76. The molecule has 1 atom stereocenters. The number of carbonyl (C=O) groups excluding carboxylic acids is 1. The van der Waals surface area contributed by atoms with Gasteiger partial charge >= 0.3 is 0 Å². The van der Waals surface area contributed by atoms with Crippen molar-refractivity contribution in [3.05, 3.63) is 46.0 Å². The van der Waals surface area contributed by atoms with Crippen LogP contribution in [-0.4, -0.2) is 55.5 Å². The van der Waals surface area contributed by atoms with E-state index in [0.717, 1.165) is 12.8 Å². The molecule has 4 rings (SSSR count). The highest BCUT2D eigenvalue weighted by Gasteiger charge is 2.30. The third-order valence-corrected chi connectivity index (χ3v) is 4.85. The van der Waals surface area contributed by atoms with E-state index in [1.54, 1.807) is 43.0 Å². The molecule has 1 aliphatic rings. The lowest BCUT2D eigenvalue weighted by Gasteiger charge is -2.24. The predicted molar refractivity (Wildman–Crippen MR) is 97.7 cm³/mol. The summed E-state index contributed by atoms with van der Waals surface area (Å²) in [7, 11) is 1.59. The second-order valence-electron chi connectivity index (χ2n) is 6.62. The normalized spacial score (nSPS) is 16.8. The van der Waals surface area contributed by atoms with Gasteiger partial charge in [0.1, 0.15) is 11.6 Å². The first-order valence-corrected chi connectivity index (χ1v) is 8.82. The lowest BCUT2D eigenvalue weighted by Crippen LogP contribution is -2.38. The molecule has 1 aromatic carbocycles. The summed E-state index contributed by atoms with van der Waals surface area (Å²) in [5.74, 6) is 1.20. The molecule has 9 heteroatoms. The molecule has 1 aliphatic heterocycles. The summed E-state index contributed by atoms with van der Waals surface area (Å²) in [5, 5.41) is 8.02. The molecule has 0 bridgehead atoms. The van der Waals surface area contributed by atoms with Crippen molar-refractivity contribution >= 4 is 17.1 Å². The minimum absolute atomic E-state index is 0.0217. The highest BCUT2D eigenvalue weighted by Crippen LogP contribution is 2.23. The fourth-order valence-corrected chi connectivity index (χ4v) is 3.49. The van der Waals surface area contributed by atoms with E-state index < -0.39 is 0 Å². The van der Waals surface area contributed by atoms with Gasteiger partial charge in [0, 0.05) is 12.1 Å². The number of aryl methyl sites for hydroxylation is 1. The fraction of sp³-hybridized carbons (Fsp3) is 0.389. The van der Waals surface area contributed by atoms with E-state index in [-0.39, 0.29) is 23.0 Å². The predicted octanol–water partition coefficient (Wildman–Crippen LogP) is 1.14. The molecule has 3 aromatic rings. The van der Waals surface area contributed by atoms with E-state index in [1.165, 1.54) is 0 Å². The number of likely N-dealkylation sites (tertiary alicyclic amines) is 1. The van der Waals surface area contributed by atoms with Crippen LogP contribution in [0.3, 0.4) is 0 Å². The number of hydrogen-bond donors (Lipinski definition) is 1. The minimum atomic E-state index is -0.304. The molecular weight excluding hydrogens is 348 g/mol. The molecule has 1 fully saturated rings. The standard InChI is InChI=1S/C18H20N6O3/c1-11-19-16-15(17(25)20-11)21-22-24(16)10-13-4-3-9-23(13)18(26)12-5-7-14(27-2)8-6-12/h5-8,13H,3-4,9-10H2,1-2H3,(H,19,20,25)/t13-/m1/s1. The number of nitrogens with zero attached hydrogens (tertiary/aromatic N) is 5. The van der Waals surface area contributed by atoms with Crippen LogP contribution in [0.1, 0.15) is 29.0 Å². The molecule has 9 nitrogen and oxygen atoms in total. The van der Waals surface area contributed by atoms with Gasteiger partial charge in [-0.05, 0) is 44.0 Å². The molecule has 140 valence electrons. The van der Waals surface area contributed by atoms with Gasteiger partial charge in [-0.25, -0.2) is 9.67 Å². The summed E-state index contributed by atoms with van der Waals surface area (Å²) in [4.78, 5) is 33.7. The number of benzene rings is 1. The van der Waals surface area contributed by atoms with Crippen LogP contribution in [-0.2, 0) is 6.54 Å². The maximum Gasteiger partial charge on any atom is 0.281 e. The molecule has 27 heavy (non-hydrogen) atoms. The zero-order chi connectivity index (χ0) is 19.0. The fourth-order valence-electron chi connectivity index (χ4n) is 3.49. The summed E-state index contributed by atoms with van der Waals surface area (Å²) >= 11 is 0. The topological polar surface area (TPSA) is 106 Å². The van der Waals surface area contributed by atoms with Crippen molar-refractivity contribution in [2.24, 2.45) is 0 Å². The molecule has 0 aliphatic carbocycles. The molecule has 0 saturated carbocycles. The Kier molecular flexibility index (Phi) is 4.35. The second-order valence-corrected chi connectivity index (χ2v) is 6.62. The number of ether oxygens (including phenoxy) is 1. The van der Waals surface area contributed by atoms with Crippen LogP contribution in [0.2, 0.25) is 0 Å². The Morgan fingerprint density at radius 2 is 2.11 bits per heavy atom. The average Bonchev–Trinajstić information content (AvgIpc) is 3.29. The van der Waals surface area contributed by atoms with E-state index in [2.05, 4.69) is 20.3 Å². The van der Waals surface area contributed by atoms with Crippen molar-refractivity contribution in [1.29, 1.82) is 0 Å². The molecular formula is C18H20N6O3. The lowest BCUT2D eigenvalue weighted by atomic mass is 10.1. The smallest absolute Gasteiger partial charge is 0.281 e.